The highest BCUT2D eigenvalue weighted by atomic mass is 16.6. The van der Waals surface area contributed by atoms with Crippen LogP contribution in [0.15, 0.2) is 12.1 Å². The molecule has 0 aliphatic carbocycles. The van der Waals surface area contributed by atoms with Gasteiger partial charge in [0, 0.05) is 0 Å². The highest BCUT2D eigenvalue weighted by Crippen LogP contribution is 2.23. The van der Waals surface area contributed by atoms with Crippen LogP contribution in [0.5, 0.6) is 5.75 Å². The topological polar surface area (TPSA) is 52.6 Å². The van der Waals surface area contributed by atoms with E-state index in [2.05, 4.69) is 0 Å². The van der Waals surface area contributed by atoms with Crippen molar-refractivity contribution in [1.29, 1.82) is 0 Å². The Kier molecular flexibility index (Phi) is 5.55. The van der Waals surface area contributed by atoms with Gasteiger partial charge in [0.05, 0.1) is 6.61 Å². The van der Waals surface area contributed by atoms with Crippen LogP contribution < -0.4 is 4.74 Å². The van der Waals surface area contributed by atoms with Crippen molar-refractivity contribution in [2.24, 2.45) is 0 Å². The quantitative estimate of drug-likeness (QED) is 0.363. The summed E-state index contributed by atoms with van der Waals surface area (Å²) < 4.78 is 9.86. The summed E-state index contributed by atoms with van der Waals surface area (Å²) in [5, 5.41) is 0. The Morgan fingerprint density at radius 1 is 1.05 bits per heavy atom. The Bertz CT molecular complexity index is 477. The molecule has 0 saturated heterocycles. The van der Waals surface area contributed by atoms with Crippen molar-refractivity contribution in [3.05, 3.63) is 28.8 Å². The number of rotatable bonds is 4. The number of hydrogen-bond donors (Lipinski definition) is 0. The Morgan fingerprint density at radius 2 is 1.74 bits per heavy atom. The third-order valence-electron chi connectivity index (χ3n) is 3.11. The van der Waals surface area contributed by atoms with Crippen LogP contribution in [0.3, 0.4) is 0 Å². The number of hydrogen-bond acceptors (Lipinski definition) is 4. The molecular weight excluding hydrogens is 244 g/mol. The number of esters is 2. The fourth-order valence-corrected chi connectivity index (χ4v) is 1.55. The van der Waals surface area contributed by atoms with Crippen molar-refractivity contribution in [3.63, 3.8) is 0 Å². The summed E-state index contributed by atoms with van der Waals surface area (Å²) in [6.45, 7) is 8.00. The average molecular weight is 264 g/mol. The molecule has 0 amide bonds. The van der Waals surface area contributed by atoms with E-state index in [-0.39, 0.29) is 6.61 Å². The van der Waals surface area contributed by atoms with Gasteiger partial charge < -0.3 is 9.47 Å². The zero-order valence-electron chi connectivity index (χ0n) is 11.9. The van der Waals surface area contributed by atoms with Gasteiger partial charge in [0.25, 0.3) is 0 Å². The predicted molar refractivity (Wildman–Crippen MR) is 72.2 cm³/mol. The molecule has 1 aromatic carbocycles. The number of benzene rings is 1. The van der Waals surface area contributed by atoms with Crippen molar-refractivity contribution < 1.29 is 19.1 Å². The van der Waals surface area contributed by atoms with E-state index in [4.69, 9.17) is 9.47 Å². The first-order valence-electron chi connectivity index (χ1n) is 6.43. The van der Waals surface area contributed by atoms with Gasteiger partial charge >= 0.3 is 11.9 Å². The maximum absolute atomic E-state index is 11.6. The van der Waals surface area contributed by atoms with Crippen LogP contribution in [0.4, 0.5) is 0 Å². The molecule has 1 aromatic rings. The molecule has 0 atom stereocenters. The number of ether oxygens (including phenoxy) is 2. The third kappa shape index (κ3) is 4.09. The van der Waals surface area contributed by atoms with E-state index >= 15 is 0 Å². The monoisotopic (exact) mass is 264 g/mol. The molecule has 4 nitrogen and oxygen atoms in total. The lowest BCUT2D eigenvalue weighted by molar-refractivity contribution is -0.162. The van der Waals surface area contributed by atoms with Gasteiger partial charge in [-0.3, -0.25) is 0 Å². The van der Waals surface area contributed by atoms with Crippen LogP contribution in [0.2, 0.25) is 0 Å². The molecule has 0 unspecified atom stereocenters. The van der Waals surface area contributed by atoms with Gasteiger partial charge in [0.15, 0.2) is 0 Å². The van der Waals surface area contributed by atoms with E-state index in [9.17, 15) is 9.59 Å². The molecule has 4 heteroatoms. The van der Waals surface area contributed by atoms with Gasteiger partial charge in [0.2, 0.25) is 0 Å². The molecular formula is C15H20O4. The second kappa shape index (κ2) is 6.92. The summed E-state index contributed by atoms with van der Waals surface area (Å²) in [6.07, 6.45) is 1.64. The molecule has 0 aliphatic rings. The van der Waals surface area contributed by atoms with E-state index in [1.807, 2.05) is 33.8 Å². The maximum Gasteiger partial charge on any atom is 0.422 e. The van der Waals surface area contributed by atoms with Gasteiger partial charge in [-0.2, -0.15) is 0 Å². The second-order valence-electron chi connectivity index (χ2n) is 4.51. The molecule has 0 fully saturated rings. The zero-order chi connectivity index (χ0) is 14.4. The fraction of sp³-hybridized carbons (Fsp3) is 0.467. The number of carbonyl (C=O) groups is 2. The molecule has 0 radical (unpaired) electrons. The largest absolute Gasteiger partial charge is 0.457 e. The Labute approximate surface area is 113 Å². The van der Waals surface area contributed by atoms with Crippen molar-refractivity contribution in [3.8, 4) is 5.75 Å². The molecule has 0 aromatic heterocycles. The molecule has 0 bridgehead atoms. The van der Waals surface area contributed by atoms with Crippen LogP contribution in [0.1, 0.15) is 36.5 Å². The molecule has 0 spiro atoms. The molecule has 19 heavy (non-hydrogen) atoms. The molecule has 0 heterocycles. The van der Waals surface area contributed by atoms with Gasteiger partial charge in [-0.25, -0.2) is 9.59 Å². The first-order valence-corrected chi connectivity index (χ1v) is 6.43. The van der Waals surface area contributed by atoms with E-state index in [0.29, 0.717) is 5.75 Å². The molecule has 1 rings (SSSR count). The van der Waals surface area contributed by atoms with Gasteiger partial charge in [0.1, 0.15) is 5.75 Å². The summed E-state index contributed by atoms with van der Waals surface area (Å²) in [6, 6.07) is 3.54. The van der Waals surface area contributed by atoms with E-state index < -0.39 is 11.9 Å². The zero-order valence-corrected chi connectivity index (χ0v) is 11.9. The minimum atomic E-state index is -0.970. The van der Waals surface area contributed by atoms with Crippen LogP contribution >= 0.6 is 0 Å². The maximum atomic E-state index is 11.6. The Balaban J connectivity index is 2.67. The molecule has 104 valence electrons. The van der Waals surface area contributed by atoms with E-state index in [1.165, 1.54) is 0 Å². The van der Waals surface area contributed by atoms with Gasteiger partial charge in [-0.05, 0) is 49.9 Å². The van der Waals surface area contributed by atoms with Crippen molar-refractivity contribution in [2.45, 2.75) is 40.5 Å². The lowest BCUT2D eigenvalue weighted by atomic mass is 10.0. The van der Waals surface area contributed by atoms with Crippen LogP contribution in [-0.2, 0) is 14.3 Å². The summed E-state index contributed by atoms with van der Waals surface area (Å²) in [5.74, 6) is -1.51. The van der Waals surface area contributed by atoms with Crippen LogP contribution in [0, 0.1) is 20.8 Å². The fourth-order valence-electron chi connectivity index (χ4n) is 1.55. The normalized spacial score (nSPS) is 10.1. The Morgan fingerprint density at radius 3 is 2.37 bits per heavy atom. The Hall–Kier alpha value is -1.84. The first-order chi connectivity index (χ1) is 8.97. The number of carbonyl (C=O) groups excluding carboxylic acids is 2. The highest BCUT2D eigenvalue weighted by molar-refractivity contribution is 6.30. The lowest BCUT2D eigenvalue weighted by Crippen LogP contribution is -2.23. The minimum absolute atomic E-state index is 0.246. The average Bonchev–Trinajstić information content (AvgIpc) is 2.39. The molecule has 0 saturated carbocycles. The third-order valence-corrected chi connectivity index (χ3v) is 3.11. The summed E-state index contributed by atoms with van der Waals surface area (Å²) in [5.41, 5.74) is 3.02. The minimum Gasteiger partial charge on any atom is -0.457 e. The summed E-state index contributed by atoms with van der Waals surface area (Å²) in [4.78, 5) is 22.9. The summed E-state index contributed by atoms with van der Waals surface area (Å²) in [7, 11) is 0. The SMILES string of the molecule is CCCCOC(=O)C(=O)Oc1ccc(C)c(C)c1C. The van der Waals surface area contributed by atoms with Crippen LogP contribution in [0.25, 0.3) is 0 Å². The standard InChI is InChI=1S/C15H20O4/c1-5-6-9-18-14(16)15(17)19-13-8-7-10(2)11(3)12(13)4/h7-8H,5-6,9H2,1-4H3. The first kappa shape index (κ1) is 15.2. The van der Waals surface area contributed by atoms with Gasteiger partial charge in [-0.15, -0.1) is 0 Å². The van der Waals surface area contributed by atoms with Gasteiger partial charge in [-0.1, -0.05) is 19.4 Å². The highest BCUT2D eigenvalue weighted by Gasteiger charge is 2.19. The summed E-state index contributed by atoms with van der Waals surface area (Å²) >= 11 is 0. The molecule has 0 N–H and O–H groups in total. The molecule has 0 aliphatic heterocycles. The van der Waals surface area contributed by atoms with Crippen molar-refractivity contribution >= 4 is 11.9 Å². The van der Waals surface area contributed by atoms with Crippen molar-refractivity contribution in [2.75, 3.05) is 6.61 Å². The predicted octanol–water partition coefficient (Wildman–Crippen LogP) is 2.86. The number of unbranched alkanes of at least 4 members (excludes halogenated alkanes) is 1. The lowest BCUT2D eigenvalue weighted by Gasteiger charge is -2.11. The number of aryl methyl sites for hydroxylation is 1. The second-order valence-corrected chi connectivity index (χ2v) is 4.51. The van der Waals surface area contributed by atoms with Crippen LogP contribution in [-0.4, -0.2) is 18.5 Å². The van der Waals surface area contributed by atoms with Crippen molar-refractivity contribution in [1.82, 2.24) is 0 Å². The van der Waals surface area contributed by atoms with E-state index in [1.54, 1.807) is 6.07 Å². The van der Waals surface area contributed by atoms with E-state index in [0.717, 1.165) is 29.5 Å². The smallest absolute Gasteiger partial charge is 0.422 e.